The van der Waals surface area contributed by atoms with Gasteiger partial charge < -0.3 is 9.47 Å². The number of ether oxygens (including phenoxy) is 2. The molecule has 0 bridgehead atoms. The number of morpholine rings is 1. The summed E-state index contributed by atoms with van der Waals surface area (Å²) in [5.74, 6) is 0.621. The third kappa shape index (κ3) is 5.04. The van der Waals surface area contributed by atoms with E-state index in [9.17, 15) is 8.42 Å². The van der Waals surface area contributed by atoms with Crippen molar-refractivity contribution >= 4 is 10.0 Å². The summed E-state index contributed by atoms with van der Waals surface area (Å²) in [5, 5.41) is 0. The Hall–Kier alpha value is -1.93. The van der Waals surface area contributed by atoms with Gasteiger partial charge in [0.2, 0.25) is 10.0 Å². The van der Waals surface area contributed by atoms with Crippen LogP contribution in [-0.2, 0) is 21.3 Å². The maximum atomic E-state index is 12.4. The molecule has 0 unspecified atom stereocenters. The van der Waals surface area contributed by atoms with E-state index in [0.717, 1.165) is 13.1 Å². The molecule has 1 heterocycles. The minimum atomic E-state index is -3.57. The monoisotopic (exact) mass is 376 g/mol. The Labute approximate surface area is 154 Å². The molecule has 3 rings (SSSR count). The highest BCUT2D eigenvalue weighted by Crippen LogP contribution is 2.16. The predicted molar refractivity (Wildman–Crippen MR) is 99.6 cm³/mol. The van der Waals surface area contributed by atoms with Crippen molar-refractivity contribution in [1.29, 1.82) is 0 Å². The molecule has 0 aliphatic carbocycles. The summed E-state index contributed by atoms with van der Waals surface area (Å²) in [7, 11) is -2.02. The van der Waals surface area contributed by atoms with Gasteiger partial charge in [-0.05, 0) is 29.8 Å². The van der Waals surface area contributed by atoms with Gasteiger partial charge in [0.05, 0.1) is 24.7 Å². The van der Waals surface area contributed by atoms with Crippen molar-refractivity contribution in [2.75, 3.05) is 33.4 Å². The molecule has 140 valence electrons. The second-order valence-corrected chi connectivity index (χ2v) is 8.01. The molecule has 26 heavy (non-hydrogen) atoms. The molecule has 0 amide bonds. The van der Waals surface area contributed by atoms with Gasteiger partial charge in [-0.1, -0.05) is 30.3 Å². The second-order valence-electron chi connectivity index (χ2n) is 6.24. The molecule has 1 atom stereocenters. The lowest BCUT2D eigenvalue weighted by Gasteiger charge is -2.33. The molecule has 0 radical (unpaired) electrons. The minimum Gasteiger partial charge on any atom is -0.497 e. The highest BCUT2D eigenvalue weighted by atomic mass is 32.2. The molecule has 0 spiro atoms. The first-order valence-electron chi connectivity index (χ1n) is 8.58. The zero-order valence-electron chi connectivity index (χ0n) is 14.8. The third-order valence-corrected chi connectivity index (χ3v) is 5.78. The van der Waals surface area contributed by atoms with Crippen LogP contribution in [0.4, 0.5) is 0 Å². The molecule has 7 heteroatoms. The maximum Gasteiger partial charge on any atom is 0.240 e. The number of methoxy groups -OCH3 is 1. The highest BCUT2D eigenvalue weighted by Gasteiger charge is 2.23. The van der Waals surface area contributed by atoms with Crippen LogP contribution in [0.2, 0.25) is 0 Å². The van der Waals surface area contributed by atoms with Crippen molar-refractivity contribution in [3.63, 3.8) is 0 Å². The van der Waals surface area contributed by atoms with E-state index in [2.05, 4.69) is 21.8 Å². The smallest absolute Gasteiger partial charge is 0.240 e. The number of sulfonamides is 1. The van der Waals surface area contributed by atoms with E-state index in [1.165, 1.54) is 17.7 Å². The molecule has 2 aromatic rings. The van der Waals surface area contributed by atoms with Gasteiger partial charge in [-0.15, -0.1) is 0 Å². The number of nitrogens with zero attached hydrogens (tertiary/aromatic N) is 1. The van der Waals surface area contributed by atoms with Crippen molar-refractivity contribution < 1.29 is 17.9 Å². The number of rotatable bonds is 7. The molecule has 1 N–H and O–H groups in total. The average molecular weight is 376 g/mol. The lowest BCUT2D eigenvalue weighted by Crippen LogP contribution is -2.47. The van der Waals surface area contributed by atoms with E-state index in [4.69, 9.17) is 9.47 Å². The van der Waals surface area contributed by atoms with Crippen LogP contribution in [0.15, 0.2) is 59.5 Å². The lowest BCUT2D eigenvalue weighted by atomic mass is 10.2. The van der Waals surface area contributed by atoms with Crippen LogP contribution in [0, 0.1) is 0 Å². The fourth-order valence-electron chi connectivity index (χ4n) is 2.93. The molecule has 0 saturated carbocycles. The van der Waals surface area contributed by atoms with Crippen LogP contribution in [0.25, 0.3) is 0 Å². The van der Waals surface area contributed by atoms with Crippen LogP contribution in [0.1, 0.15) is 5.56 Å². The Morgan fingerprint density at radius 3 is 2.58 bits per heavy atom. The zero-order valence-corrected chi connectivity index (χ0v) is 15.6. The van der Waals surface area contributed by atoms with Crippen LogP contribution in [-0.4, -0.2) is 52.8 Å². The summed E-state index contributed by atoms with van der Waals surface area (Å²) in [6.45, 7) is 3.23. The van der Waals surface area contributed by atoms with Gasteiger partial charge in [-0.25, -0.2) is 13.1 Å². The van der Waals surface area contributed by atoms with E-state index in [-0.39, 0.29) is 17.5 Å². The number of nitrogens with one attached hydrogen (secondary N) is 1. The van der Waals surface area contributed by atoms with Gasteiger partial charge in [0.25, 0.3) is 0 Å². The standard InChI is InChI=1S/C19H24N2O4S/c1-24-17-7-9-19(10-8-17)26(22,23)20-13-18-15-21(11-12-25-18)14-16-5-3-2-4-6-16/h2-10,18,20H,11-15H2,1H3/t18-/m0/s1. The van der Waals surface area contributed by atoms with Gasteiger partial charge in [-0.3, -0.25) is 4.90 Å². The Bertz CT molecular complexity index is 794. The first-order valence-corrected chi connectivity index (χ1v) is 10.1. The van der Waals surface area contributed by atoms with Crippen molar-refractivity contribution in [2.24, 2.45) is 0 Å². The van der Waals surface area contributed by atoms with E-state index in [0.29, 0.717) is 18.9 Å². The fourth-order valence-corrected chi connectivity index (χ4v) is 4.00. The predicted octanol–water partition coefficient (Wildman–Crippen LogP) is 1.87. The molecule has 1 aliphatic heterocycles. The van der Waals surface area contributed by atoms with Crippen LogP contribution < -0.4 is 9.46 Å². The summed E-state index contributed by atoms with van der Waals surface area (Å²) in [6.07, 6.45) is -0.166. The molecule has 1 saturated heterocycles. The Morgan fingerprint density at radius 1 is 1.15 bits per heavy atom. The first-order chi connectivity index (χ1) is 12.6. The molecular formula is C19H24N2O4S. The minimum absolute atomic E-state index is 0.166. The zero-order chi connectivity index (χ0) is 18.4. The third-order valence-electron chi connectivity index (χ3n) is 4.34. The quantitative estimate of drug-likeness (QED) is 0.799. The summed E-state index contributed by atoms with van der Waals surface area (Å²) >= 11 is 0. The van der Waals surface area contributed by atoms with E-state index in [1.807, 2.05) is 18.2 Å². The van der Waals surface area contributed by atoms with Crippen molar-refractivity contribution in [3.8, 4) is 5.75 Å². The molecular weight excluding hydrogens is 352 g/mol. The normalized spacial score (nSPS) is 18.6. The van der Waals surface area contributed by atoms with Gasteiger partial charge in [0.1, 0.15) is 5.75 Å². The van der Waals surface area contributed by atoms with Gasteiger partial charge in [0.15, 0.2) is 0 Å². The SMILES string of the molecule is COc1ccc(S(=O)(=O)NC[C@H]2CN(Cc3ccccc3)CCO2)cc1. The summed E-state index contributed by atoms with van der Waals surface area (Å²) < 4.78 is 38.3. The maximum absolute atomic E-state index is 12.4. The molecule has 1 fully saturated rings. The molecule has 2 aromatic carbocycles. The highest BCUT2D eigenvalue weighted by molar-refractivity contribution is 7.89. The van der Waals surface area contributed by atoms with E-state index in [1.54, 1.807) is 19.2 Å². The first kappa shape index (κ1) is 18.8. The summed E-state index contributed by atoms with van der Waals surface area (Å²) in [5.41, 5.74) is 1.24. The van der Waals surface area contributed by atoms with Crippen LogP contribution in [0.5, 0.6) is 5.75 Å². The lowest BCUT2D eigenvalue weighted by molar-refractivity contribution is -0.0276. The van der Waals surface area contributed by atoms with E-state index < -0.39 is 10.0 Å². The average Bonchev–Trinajstić information content (AvgIpc) is 2.68. The van der Waals surface area contributed by atoms with Gasteiger partial charge in [-0.2, -0.15) is 0 Å². The van der Waals surface area contributed by atoms with Crippen molar-refractivity contribution in [3.05, 3.63) is 60.2 Å². The topological polar surface area (TPSA) is 67.9 Å². The largest absolute Gasteiger partial charge is 0.497 e. The van der Waals surface area contributed by atoms with Crippen LogP contribution >= 0.6 is 0 Å². The molecule has 6 nitrogen and oxygen atoms in total. The number of hydrogen-bond acceptors (Lipinski definition) is 5. The van der Waals surface area contributed by atoms with Gasteiger partial charge >= 0.3 is 0 Å². The Balaban J connectivity index is 1.54. The van der Waals surface area contributed by atoms with Crippen molar-refractivity contribution in [2.45, 2.75) is 17.5 Å². The van der Waals surface area contributed by atoms with Crippen LogP contribution in [0.3, 0.4) is 0 Å². The fraction of sp³-hybridized carbons (Fsp3) is 0.368. The summed E-state index contributed by atoms with van der Waals surface area (Å²) in [4.78, 5) is 2.50. The van der Waals surface area contributed by atoms with Gasteiger partial charge in [0, 0.05) is 26.2 Å². The van der Waals surface area contributed by atoms with E-state index >= 15 is 0 Å². The second kappa shape index (κ2) is 8.64. The molecule has 0 aromatic heterocycles. The molecule has 1 aliphatic rings. The number of hydrogen-bond donors (Lipinski definition) is 1. The Morgan fingerprint density at radius 2 is 1.88 bits per heavy atom. The Kier molecular flexibility index (Phi) is 6.26. The van der Waals surface area contributed by atoms with Crippen molar-refractivity contribution in [1.82, 2.24) is 9.62 Å². The summed E-state index contributed by atoms with van der Waals surface area (Å²) in [6, 6.07) is 16.6. The number of benzene rings is 2.